The van der Waals surface area contributed by atoms with E-state index in [2.05, 4.69) is 47.2 Å². The number of methoxy groups -OCH3 is 1. The molecule has 5 nitrogen and oxygen atoms in total. The second kappa shape index (κ2) is 8.48. The van der Waals surface area contributed by atoms with Crippen molar-refractivity contribution in [3.8, 4) is 11.5 Å². The van der Waals surface area contributed by atoms with E-state index in [1.165, 1.54) is 16.9 Å². The summed E-state index contributed by atoms with van der Waals surface area (Å²) >= 11 is 0. The van der Waals surface area contributed by atoms with Gasteiger partial charge in [0.05, 0.1) is 13.7 Å². The molecule has 2 aliphatic heterocycles. The molecule has 138 valence electrons. The summed E-state index contributed by atoms with van der Waals surface area (Å²) in [7, 11) is 1.73. The minimum absolute atomic E-state index is 0.703. The Bertz CT molecular complexity index is 609. The molecule has 0 spiro atoms. The van der Waals surface area contributed by atoms with Crippen LogP contribution in [0.1, 0.15) is 31.4 Å². The number of fused-ring (bicyclic) bond motifs is 1. The molecule has 5 heteroatoms. The van der Waals surface area contributed by atoms with Crippen LogP contribution in [0.2, 0.25) is 0 Å². The van der Waals surface area contributed by atoms with Gasteiger partial charge in [-0.3, -0.25) is 0 Å². The number of rotatable bonds is 5. The van der Waals surface area contributed by atoms with E-state index < -0.39 is 0 Å². The van der Waals surface area contributed by atoms with Gasteiger partial charge in [0.15, 0.2) is 0 Å². The van der Waals surface area contributed by atoms with Crippen LogP contribution >= 0.6 is 0 Å². The molecule has 0 aliphatic carbocycles. The van der Waals surface area contributed by atoms with Crippen molar-refractivity contribution in [3.63, 3.8) is 0 Å². The van der Waals surface area contributed by atoms with Crippen LogP contribution in [0.4, 0.5) is 0 Å². The number of nitrogens with one attached hydrogen (secondary N) is 1. The lowest BCUT2D eigenvalue weighted by molar-refractivity contribution is 0.174. The molecule has 0 bridgehead atoms. The largest absolute Gasteiger partial charge is 0.496 e. The SMILES string of the molecule is CC/C=C(/N1CCNCC1)N1CCOc2cc(OC)c(CC)cc2C1. The number of hydrogen-bond donors (Lipinski definition) is 1. The Morgan fingerprint density at radius 3 is 2.68 bits per heavy atom. The minimum Gasteiger partial charge on any atom is -0.496 e. The molecule has 25 heavy (non-hydrogen) atoms. The highest BCUT2D eigenvalue weighted by atomic mass is 16.5. The van der Waals surface area contributed by atoms with Gasteiger partial charge in [-0.1, -0.05) is 13.8 Å². The highest BCUT2D eigenvalue weighted by Crippen LogP contribution is 2.33. The fourth-order valence-corrected chi connectivity index (χ4v) is 3.66. The van der Waals surface area contributed by atoms with Gasteiger partial charge in [-0.05, 0) is 30.5 Å². The van der Waals surface area contributed by atoms with E-state index in [0.717, 1.165) is 63.6 Å². The van der Waals surface area contributed by atoms with Gasteiger partial charge in [0.25, 0.3) is 0 Å². The molecule has 1 N–H and O–H groups in total. The third-order valence-corrected chi connectivity index (χ3v) is 4.98. The zero-order valence-electron chi connectivity index (χ0n) is 15.8. The molecule has 2 heterocycles. The zero-order chi connectivity index (χ0) is 17.6. The van der Waals surface area contributed by atoms with Gasteiger partial charge in [-0.15, -0.1) is 0 Å². The number of nitrogens with zero attached hydrogens (tertiary/aromatic N) is 2. The van der Waals surface area contributed by atoms with E-state index in [9.17, 15) is 0 Å². The fourth-order valence-electron chi connectivity index (χ4n) is 3.66. The maximum atomic E-state index is 6.06. The Morgan fingerprint density at radius 2 is 2.00 bits per heavy atom. The van der Waals surface area contributed by atoms with Crippen molar-refractivity contribution in [2.75, 3.05) is 46.4 Å². The fraction of sp³-hybridized carbons (Fsp3) is 0.600. The first-order valence-corrected chi connectivity index (χ1v) is 9.50. The Kier molecular flexibility index (Phi) is 6.08. The van der Waals surface area contributed by atoms with Crippen molar-refractivity contribution in [1.82, 2.24) is 15.1 Å². The predicted molar refractivity (Wildman–Crippen MR) is 101 cm³/mol. The molecule has 0 radical (unpaired) electrons. The van der Waals surface area contributed by atoms with Gasteiger partial charge in [0.2, 0.25) is 0 Å². The number of piperazine rings is 1. The third kappa shape index (κ3) is 4.03. The van der Waals surface area contributed by atoms with Gasteiger partial charge in [0.1, 0.15) is 23.9 Å². The lowest BCUT2D eigenvalue weighted by Crippen LogP contribution is -2.47. The molecule has 0 unspecified atom stereocenters. The summed E-state index contributed by atoms with van der Waals surface area (Å²) in [6.45, 7) is 11.1. The van der Waals surface area contributed by atoms with Crippen molar-refractivity contribution in [3.05, 3.63) is 35.2 Å². The van der Waals surface area contributed by atoms with Gasteiger partial charge >= 0.3 is 0 Å². The maximum absolute atomic E-state index is 6.06. The van der Waals surface area contributed by atoms with Crippen molar-refractivity contribution >= 4 is 0 Å². The average Bonchev–Trinajstić information content (AvgIpc) is 2.87. The summed E-state index contributed by atoms with van der Waals surface area (Å²) in [5, 5.41) is 3.44. The summed E-state index contributed by atoms with van der Waals surface area (Å²) in [4.78, 5) is 4.99. The van der Waals surface area contributed by atoms with Gasteiger partial charge in [0, 0.05) is 44.4 Å². The molecule has 2 aliphatic rings. The Balaban J connectivity index is 1.87. The molecule has 1 saturated heterocycles. The van der Waals surface area contributed by atoms with E-state index >= 15 is 0 Å². The van der Waals surface area contributed by atoms with E-state index in [1.54, 1.807) is 7.11 Å². The Morgan fingerprint density at radius 1 is 1.20 bits per heavy atom. The van der Waals surface area contributed by atoms with E-state index in [4.69, 9.17) is 9.47 Å². The van der Waals surface area contributed by atoms with Crippen molar-refractivity contribution in [2.24, 2.45) is 0 Å². The summed E-state index contributed by atoms with van der Waals surface area (Å²) in [6.07, 6.45) is 4.37. The summed E-state index contributed by atoms with van der Waals surface area (Å²) < 4.78 is 11.6. The number of allylic oxidation sites excluding steroid dienone is 1. The molecule has 0 saturated carbocycles. The van der Waals surface area contributed by atoms with Crippen molar-refractivity contribution < 1.29 is 9.47 Å². The second-order valence-corrected chi connectivity index (χ2v) is 6.60. The number of benzene rings is 1. The highest BCUT2D eigenvalue weighted by molar-refractivity contribution is 5.47. The third-order valence-electron chi connectivity index (χ3n) is 4.98. The molecule has 0 amide bonds. The minimum atomic E-state index is 0.703. The van der Waals surface area contributed by atoms with Crippen LogP contribution in [0.15, 0.2) is 24.0 Å². The van der Waals surface area contributed by atoms with Gasteiger partial charge < -0.3 is 24.6 Å². The number of hydrogen-bond acceptors (Lipinski definition) is 5. The van der Waals surface area contributed by atoms with Crippen molar-refractivity contribution in [1.29, 1.82) is 0 Å². The summed E-state index contributed by atoms with van der Waals surface area (Å²) in [5.74, 6) is 3.25. The van der Waals surface area contributed by atoms with Gasteiger partial charge in [-0.25, -0.2) is 0 Å². The molecule has 1 fully saturated rings. The standard InChI is InChI=1S/C20H31N3O2/c1-4-6-20(22-9-7-21-8-10-22)23-11-12-25-19-14-18(24-3)16(5-2)13-17(19)15-23/h6,13-14,21H,4-5,7-12,15H2,1-3H3/b20-6-. The van der Waals surface area contributed by atoms with Crippen LogP contribution in [-0.2, 0) is 13.0 Å². The van der Waals surface area contributed by atoms with E-state index in [-0.39, 0.29) is 0 Å². The second-order valence-electron chi connectivity index (χ2n) is 6.60. The quantitative estimate of drug-likeness (QED) is 0.888. The molecular formula is C20H31N3O2. The van der Waals surface area contributed by atoms with E-state index in [1.807, 2.05) is 0 Å². The van der Waals surface area contributed by atoms with E-state index in [0.29, 0.717) is 6.61 Å². The zero-order valence-corrected chi connectivity index (χ0v) is 15.8. The molecule has 0 aromatic heterocycles. The monoisotopic (exact) mass is 345 g/mol. The predicted octanol–water partition coefficient (Wildman–Crippen LogP) is 2.61. The Labute approximate surface area is 151 Å². The summed E-state index contributed by atoms with van der Waals surface area (Å²) in [6, 6.07) is 4.32. The summed E-state index contributed by atoms with van der Waals surface area (Å²) in [5.41, 5.74) is 2.50. The normalized spacial score (nSPS) is 18.4. The topological polar surface area (TPSA) is 37.0 Å². The highest BCUT2D eigenvalue weighted by Gasteiger charge is 2.23. The van der Waals surface area contributed by atoms with Crippen LogP contribution in [0.25, 0.3) is 0 Å². The molecule has 1 aromatic carbocycles. The Hall–Kier alpha value is -1.88. The first kappa shape index (κ1) is 17.9. The average molecular weight is 345 g/mol. The number of ether oxygens (including phenoxy) is 2. The first-order valence-electron chi connectivity index (χ1n) is 9.50. The van der Waals surface area contributed by atoms with Crippen LogP contribution in [0, 0.1) is 0 Å². The van der Waals surface area contributed by atoms with Crippen LogP contribution < -0.4 is 14.8 Å². The van der Waals surface area contributed by atoms with Crippen LogP contribution in [0.3, 0.4) is 0 Å². The molecular weight excluding hydrogens is 314 g/mol. The molecule has 0 atom stereocenters. The smallest absolute Gasteiger partial charge is 0.128 e. The molecule has 1 aromatic rings. The van der Waals surface area contributed by atoms with Gasteiger partial charge in [-0.2, -0.15) is 0 Å². The molecule has 3 rings (SSSR count). The van der Waals surface area contributed by atoms with Crippen molar-refractivity contribution in [2.45, 2.75) is 33.2 Å². The number of aryl methyl sites for hydroxylation is 1. The van der Waals surface area contributed by atoms with Crippen LogP contribution in [-0.4, -0.2) is 56.2 Å². The first-order chi connectivity index (χ1) is 12.3. The lowest BCUT2D eigenvalue weighted by atomic mass is 10.1. The van der Waals surface area contributed by atoms with Crippen LogP contribution in [0.5, 0.6) is 11.5 Å². The lowest BCUT2D eigenvalue weighted by Gasteiger charge is -2.38. The maximum Gasteiger partial charge on any atom is 0.128 e.